The zero-order valence-corrected chi connectivity index (χ0v) is 49.4. The molecule has 33 heteroatoms. The first-order valence-corrected chi connectivity index (χ1v) is 29.3. The van der Waals surface area contributed by atoms with Crippen molar-refractivity contribution in [3.63, 3.8) is 0 Å². The third kappa shape index (κ3) is 27.4. The van der Waals surface area contributed by atoms with Gasteiger partial charge in [-0.25, -0.2) is 4.98 Å². The molecule has 29 N–H and O–H groups in total. The Morgan fingerprint density at radius 2 is 1.31 bits per heavy atom. The smallest absolute Gasteiger partial charge is 0.247 e. The number of nitrogens with two attached hydrogens (primary N) is 9. The van der Waals surface area contributed by atoms with Crippen molar-refractivity contribution in [1.29, 1.82) is 0 Å². The van der Waals surface area contributed by atoms with Crippen molar-refractivity contribution in [2.45, 2.75) is 170 Å². The number of unbranched alkanes of at least 4 members (excludes halogenated alkanes) is 3. The van der Waals surface area contributed by atoms with E-state index in [0.717, 1.165) is 0 Å². The second-order valence-electron chi connectivity index (χ2n) is 20.9. The topological polar surface area (TPSA) is 586 Å². The summed E-state index contributed by atoms with van der Waals surface area (Å²) in [4.78, 5) is 149. The number of imidazole rings is 1. The molecule has 1 aliphatic heterocycles. The zero-order valence-electron chi connectivity index (χ0n) is 49.4. The minimum absolute atomic E-state index is 0.00568. The number of aliphatic hydroxyl groups excluding tert-OH is 2. The van der Waals surface area contributed by atoms with Crippen molar-refractivity contribution >= 4 is 64.9 Å². The maximum atomic E-state index is 14.4. The monoisotopic (exact) mass is 1220 g/mol. The summed E-state index contributed by atoms with van der Waals surface area (Å²) in [6, 6.07) is -10.4. The van der Waals surface area contributed by atoms with Crippen molar-refractivity contribution in [1.82, 2.24) is 57.4 Å². The molecule has 1 aromatic heterocycles. The van der Waals surface area contributed by atoms with Crippen LogP contribution >= 0.6 is 0 Å². The van der Waals surface area contributed by atoms with E-state index in [4.69, 9.17) is 51.6 Å². The molecule has 2 heterocycles. The predicted molar refractivity (Wildman–Crippen MR) is 318 cm³/mol. The number of rotatable bonds is 44. The second kappa shape index (κ2) is 41.7. The highest BCUT2D eigenvalue weighted by molar-refractivity contribution is 5.99. The molecule has 0 bridgehead atoms. The summed E-state index contributed by atoms with van der Waals surface area (Å²) in [5.74, 6) is -7.75. The summed E-state index contributed by atoms with van der Waals surface area (Å²) in [7, 11) is 0. The molecule has 0 spiro atoms. The normalized spacial score (nSPS) is 16.3. The van der Waals surface area contributed by atoms with Crippen LogP contribution in [-0.2, 0) is 54.4 Å². The predicted octanol–water partition coefficient (Wildman–Crippen LogP) is -8.25. The van der Waals surface area contributed by atoms with Gasteiger partial charge in [0.15, 0.2) is 11.7 Å². The Kier molecular flexibility index (Phi) is 36.3. The van der Waals surface area contributed by atoms with Crippen LogP contribution in [0.15, 0.2) is 29.2 Å². The molecule has 0 aromatic carbocycles. The summed E-state index contributed by atoms with van der Waals surface area (Å²) in [5, 5.41) is 41.6. The van der Waals surface area contributed by atoms with Crippen LogP contribution in [0.1, 0.15) is 109 Å². The molecular weight excluding hydrogens is 1120 g/mol. The van der Waals surface area contributed by atoms with E-state index < -0.39 is 139 Å². The van der Waals surface area contributed by atoms with E-state index in [0.29, 0.717) is 76.8 Å². The summed E-state index contributed by atoms with van der Waals surface area (Å²) in [5.41, 5.74) is 51.4. The van der Waals surface area contributed by atoms with Crippen LogP contribution in [0, 0.1) is 0 Å². The summed E-state index contributed by atoms with van der Waals surface area (Å²) >= 11 is 0. The lowest BCUT2D eigenvalue weighted by atomic mass is 9.97. The number of ketones is 1. The number of nitrogens with one attached hydrogen (secondary N) is 9. The van der Waals surface area contributed by atoms with E-state index in [1.807, 2.05) is 0 Å². The highest BCUT2D eigenvalue weighted by Gasteiger charge is 2.40. The standard InChI is InChI=1S/C53H97N21O12/c1-31(45(79)64-22-7-6-20-56)68-46(80)32(11-9-23-65-53(61)62)16-17-39(75)35(13-3-5-19-55)70-48(82)37(25-33-28-63-30-67-33)71-49(83)38-15-10-24-74(38)52(86)36(14-8-21-57)69-42(78)29-66-50(84)43(40(76)26-58)73-51(85)44(41(77)27-59)72-47(81)34(60)12-2-4-18-54/h11,28,30-31,34-38,40-41,43-44,76-77H,2-10,12-27,29,54-60H2,1H3,(H,63,67)(H,64,79)(H,66,84)(H,68,80)(H,69,78)(H,70,82)(H,71,83)(H,72,81)(H,73,85)(H4,61,62,65)/b32-11+/t31-,34-,35-,36+,37-,38-,40-,41-,43-,44-/m0/s1. The first kappa shape index (κ1) is 74.9. The number of guanidine groups is 1. The Morgan fingerprint density at radius 1 is 0.698 bits per heavy atom. The van der Waals surface area contributed by atoms with E-state index in [1.165, 1.54) is 24.3 Å². The fourth-order valence-electron chi connectivity index (χ4n) is 9.03. The fraction of sp³-hybridized carbons (Fsp3) is 0.698. The van der Waals surface area contributed by atoms with Crippen LogP contribution in [0.2, 0.25) is 0 Å². The molecular formula is C53H97N21O12. The molecule has 1 aromatic rings. The van der Waals surface area contributed by atoms with E-state index in [-0.39, 0.29) is 89.0 Å². The van der Waals surface area contributed by atoms with Crippen LogP contribution < -0.4 is 94.1 Å². The second-order valence-corrected chi connectivity index (χ2v) is 20.9. The molecule has 0 unspecified atom stereocenters. The molecule has 0 saturated carbocycles. The van der Waals surface area contributed by atoms with Gasteiger partial charge in [0.1, 0.15) is 36.3 Å². The maximum Gasteiger partial charge on any atom is 0.247 e. The van der Waals surface area contributed by atoms with Crippen LogP contribution in [0.3, 0.4) is 0 Å². The molecule has 2 rings (SSSR count). The zero-order chi connectivity index (χ0) is 64.1. The van der Waals surface area contributed by atoms with Crippen LogP contribution in [0.5, 0.6) is 0 Å². The number of carbonyl (C=O) groups is 10. The van der Waals surface area contributed by atoms with Gasteiger partial charge in [0.05, 0.1) is 37.2 Å². The molecule has 0 radical (unpaired) electrons. The van der Waals surface area contributed by atoms with Gasteiger partial charge in [0, 0.05) is 63.0 Å². The largest absolute Gasteiger partial charge is 0.389 e. The number of Topliss-reactive ketones (excluding diaryl/α,β-unsaturated/α-hetero) is 1. The van der Waals surface area contributed by atoms with Crippen molar-refractivity contribution in [3.05, 3.63) is 29.9 Å². The third-order valence-electron chi connectivity index (χ3n) is 14.0. The minimum Gasteiger partial charge on any atom is -0.389 e. The first-order valence-electron chi connectivity index (χ1n) is 29.3. The summed E-state index contributed by atoms with van der Waals surface area (Å²) < 4.78 is 0. The lowest BCUT2D eigenvalue weighted by Crippen LogP contribution is -2.63. The molecule has 0 aliphatic carbocycles. The number of amides is 9. The summed E-state index contributed by atoms with van der Waals surface area (Å²) in [6.45, 7) is 1.43. The van der Waals surface area contributed by atoms with Crippen molar-refractivity contribution in [2.75, 3.05) is 65.4 Å². The average Bonchev–Trinajstić information content (AvgIpc) is 3.71. The average molecular weight is 1220 g/mol. The van der Waals surface area contributed by atoms with Crippen LogP contribution in [0.4, 0.5) is 0 Å². The number of nitrogens with zero attached hydrogens (tertiary/aromatic N) is 3. The van der Waals surface area contributed by atoms with Gasteiger partial charge in [-0.2, -0.15) is 0 Å². The highest BCUT2D eigenvalue weighted by Crippen LogP contribution is 2.21. The number of carbonyl (C=O) groups excluding carboxylic acids is 10. The van der Waals surface area contributed by atoms with Crippen LogP contribution in [0.25, 0.3) is 0 Å². The molecule has 1 fully saturated rings. The molecule has 9 amide bonds. The van der Waals surface area contributed by atoms with E-state index in [1.54, 1.807) is 6.08 Å². The number of hydrogen-bond donors (Lipinski definition) is 20. The maximum absolute atomic E-state index is 14.4. The van der Waals surface area contributed by atoms with Crippen molar-refractivity contribution in [2.24, 2.45) is 56.6 Å². The van der Waals surface area contributed by atoms with Crippen molar-refractivity contribution in [3.8, 4) is 0 Å². The molecule has 1 aliphatic rings. The van der Waals surface area contributed by atoms with E-state index >= 15 is 0 Å². The molecule has 1 saturated heterocycles. The number of likely N-dealkylation sites (tertiary alicyclic amines) is 1. The van der Waals surface area contributed by atoms with Gasteiger partial charge in [-0.15, -0.1) is 0 Å². The van der Waals surface area contributed by atoms with Crippen molar-refractivity contribution < 1.29 is 58.2 Å². The Hall–Kier alpha value is -7.24. The van der Waals surface area contributed by atoms with Gasteiger partial charge >= 0.3 is 0 Å². The third-order valence-corrected chi connectivity index (χ3v) is 14.0. The SMILES string of the molecule is C[C@H](NC(=O)/C(=C/CCN=C(N)N)CCC(=O)[C@H](CCCCN)NC(=O)[C@H](Cc1cnc[nH]1)NC(=O)[C@@H]1CCCN1C(=O)[C@@H](CCCN)NC(=O)CNC(=O)[C@@H](NC(=O)[C@@H](NC(=O)[C@@H](N)CCCCN)[C@@H](O)CN)[C@@H](O)CN)C(=O)NCCCCN. The lowest BCUT2D eigenvalue weighted by molar-refractivity contribution is -0.142. The number of H-pyrrole nitrogens is 1. The summed E-state index contributed by atoms with van der Waals surface area (Å²) in [6.07, 6.45) is 5.19. The number of aromatic amines is 1. The molecule has 10 atom stereocenters. The fourth-order valence-corrected chi connectivity index (χ4v) is 9.03. The molecule has 33 nitrogen and oxygen atoms in total. The van der Waals surface area contributed by atoms with Gasteiger partial charge in [-0.05, 0) is 117 Å². The number of aliphatic hydroxyl groups is 2. The van der Waals surface area contributed by atoms with Gasteiger partial charge in [-0.3, -0.25) is 52.9 Å². The number of aliphatic imine (C=N–C) groups is 1. The van der Waals surface area contributed by atoms with Gasteiger partial charge < -0.3 is 114 Å². The Bertz CT molecular complexity index is 2360. The van der Waals surface area contributed by atoms with Crippen LogP contribution in [-0.4, -0.2) is 216 Å². The molecule has 486 valence electrons. The van der Waals surface area contributed by atoms with Gasteiger partial charge in [0.25, 0.3) is 0 Å². The Morgan fingerprint density at radius 3 is 1.93 bits per heavy atom. The number of aromatic nitrogens is 2. The van der Waals surface area contributed by atoms with Gasteiger partial charge in [-0.1, -0.05) is 12.5 Å². The Balaban J connectivity index is 2.31. The van der Waals surface area contributed by atoms with E-state index in [9.17, 15) is 58.2 Å². The van der Waals surface area contributed by atoms with Gasteiger partial charge in [0.2, 0.25) is 53.2 Å². The molecule has 86 heavy (non-hydrogen) atoms. The Labute approximate surface area is 501 Å². The minimum atomic E-state index is -1.83. The lowest BCUT2D eigenvalue weighted by Gasteiger charge is -2.30. The number of hydrogen-bond acceptors (Lipinski definition) is 21. The highest BCUT2D eigenvalue weighted by atomic mass is 16.3. The first-order chi connectivity index (χ1) is 41.1. The quantitative estimate of drug-likeness (QED) is 0.0125. The van der Waals surface area contributed by atoms with E-state index in [2.05, 4.69) is 57.5 Å².